The fraction of sp³-hybridized carbons (Fsp3) is 0.222. The lowest BCUT2D eigenvalue weighted by Gasteiger charge is -1.86. The van der Waals surface area contributed by atoms with Gasteiger partial charge in [-0.05, 0) is 23.9 Å². The molecule has 0 bridgehead atoms. The highest BCUT2D eigenvalue weighted by atomic mass is 35.5. The van der Waals surface area contributed by atoms with Crippen LogP contribution in [0.5, 0.6) is 0 Å². The van der Waals surface area contributed by atoms with E-state index in [1.54, 1.807) is 17.5 Å². The van der Waals surface area contributed by atoms with Crippen LogP contribution in [0, 0.1) is 6.92 Å². The molecule has 0 radical (unpaired) electrons. The molecular weight excluding hydrogens is 206 g/mol. The summed E-state index contributed by atoms with van der Waals surface area (Å²) in [5, 5.41) is 2.07. The highest BCUT2D eigenvalue weighted by Crippen LogP contribution is 2.26. The van der Waals surface area contributed by atoms with Crippen LogP contribution in [-0.2, 0) is 5.88 Å². The van der Waals surface area contributed by atoms with E-state index < -0.39 is 0 Å². The van der Waals surface area contributed by atoms with Crippen molar-refractivity contribution in [2.45, 2.75) is 12.8 Å². The van der Waals surface area contributed by atoms with Gasteiger partial charge in [0.05, 0.1) is 17.0 Å². The first-order chi connectivity index (χ1) is 6.29. The highest BCUT2D eigenvalue weighted by Gasteiger charge is 2.07. The minimum atomic E-state index is 0.372. The van der Waals surface area contributed by atoms with Gasteiger partial charge in [-0.15, -0.1) is 22.9 Å². The van der Waals surface area contributed by atoms with E-state index in [9.17, 15) is 0 Å². The Morgan fingerprint density at radius 1 is 1.62 bits per heavy atom. The molecule has 0 aliphatic rings. The molecule has 2 rings (SSSR count). The quantitative estimate of drug-likeness (QED) is 0.715. The molecule has 13 heavy (non-hydrogen) atoms. The van der Waals surface area contributed by atoms with Crippen LogP contribution in [-0.4, -0.2) is 4.98 Å². The summed E-state index contributed by atoms with van der Waals surface area (Å²) < 4.78 is 5.40. The van der Waals surface area contributed by atoms with Crippen molar-refractivity contribution in [2.24, 2.45) is 0 Å². The van der Waals surface area contributed by atoms with Gasteiger partial charge in [-0.25, -0.2) is 4.98 Å². The number of oxazole rings is 1. The van der Waals surface area contributed by atoms with Gasteiger partial charge in [0.15, 0.2) is 0 Å². The largest absolute Gasteiger partial charge is 0.439 e. The summed E-state index contributed by atoms with van der Waals surface area (Å²) in [6.45, 7) is 2.05. The van der Waals surface area contributed by atoms with Gasteiger partial charge < -0.3 is 4.42 Å². The van der Waals surface area contributed by atoms with Gasteiger partial charge in [0.25, 0.3) is 0 Å². The zero-order valence-corrected chi connectivity index (χ0v) is 8.65. The zero-order valence-electron chi connectivity index (χ0n) is 7.08. The summed E-state index contributed by atoms with van der Waals surface area (Å²) in [6, 6.07) is 2.05. The van der Waals surface area contributed by atoms with Gasteiger partial charge in [0, 0.05) is 0 Å². The predicted molar refractivity (Wildman–Crippen MR) is 54.1 cm³/mol. The van der Waals surface area contributed by atoms with E-state index in [1.807, 2.05) is 6.92 Å². The third-order valence-electron chi connectivity index (χ3n) is 1.63. The monoisotopic (exact) mass is 213 g/mol. The van der Waals surface area contributed by atoms with Gasteiger partial charge in [-0.2, -0.15) is 0 Å². The molecule has 2 aromatic rings. The normalized spacial score (nSPS) is 10.6. The first kappa shape index (κ1) is 8.78. The Hall–Kier alpha value is -0.800. The molecule has 0 saturated carbocycles. The maximum Gasteiger partial charge on any atom is 0.236 e. The molecule has 0 spiro atoms. The summed E-state index contributed by atoms with van der Waals surface area (Å²) >= 11 is 7.23. The van der Waals surface area contributed by atoms with Crippen molar-refractivity contribution in [3.63, 3.8) is 0 Å². The average Bonchev–Trinajstić information content (AvgIpc) is 2.71. The lowest BCUT2D eigenvalue weighted by Crippen LogP contribution is -1.68. The molecule has 4 heteroatoms. The van der Waals surface area contributed by atoms with Crippen molar-refractivity contribution in [3.8, 4) is 10.8 Å². The number of hydrogen-bond donors (Lipinski definition) is 0. The van der Waals surface area contributed by atoms with Crippen molar-refractivity contribution in [2.75, 3.05) is 0 Å². The molecule has 0 fully saturated rings. The van der Waals surface area contributed by atoms with Crippen LogP contribution >= 0.6 is 22.9 Å². The van der Waals surface area contributed by atoms with Crippen LogP contribution in [0.25, 0.3) is 10.8 Å². The smallest absolute Gasteiger partial charge is 0.236 e. The van der Waals surface area contributed by atoms with Crippen LogP contribution in [0.4, 0.5) is 0 Å². The molecule has 0 aromatic carbocycles. The molecule has 0 amide bonds. The molecule has 0 atom stereocenters. The van der Waals surface area contributed by atoms with Crippen LogP contribution in [0.1, 0.15) is 11.3 Å². The van der Waals surface area contributed by atoms with Gasteiger partial charge in [0.1, 0.15) is 5.76 Å². The van der Waals surface area contributed by atoms with Gasteiger partial charge >= 0.3 is 0 Å². The molecule has 2 aromatic heterocycles. The number of aromatic nitrogens is 1. The van der Waals surface area contributed by atoms with Gasteiger partial charge in [0.2, 0.25) is 5.89 Å². The Labute approximate surface area is 85.2 Å². The van der Waals surface area contributed by atoms with Crippen LogP contribution in [0.2, 0.25) is 0 Å². The number of halogens is 1. The molecule has 0 N–H and O–H groups in total. The second-order valence-electron chi connectivity index (χ2n) is 2.75. The Bertz CT molecular complexity index is 407. The van der Waals surface area contributed by atoms with E-state index >= 15 is 0 Å². The molecule has 68 valence electrons. The number of thiophene rings is 1. The molecule has 0 saturated heterocycles. The molecular formula is C9H8ClNOS. The Balaban J connectivity index is 2.35. The van der Waals surface area contributed by atoms with E-state index in [-0.39, 0.29) is 0 Å². The fourth-order valence-corrected chi connectivity index (χ4v) is 1.98. The van der Waals surface area contributed by atoms with E-state index in [0.717, 1.165) is 4.88 Å². The van der Waals surface area contributed by atoms with Crippen molar-refractivity contribution in [1.29, 1.82) is 0 Å². The second kappa shape index (κ2) is 3.52. The lowest BCUT2D eigenvalue weighted by atomic mass is 10.3. The maximum absolute atomic E-state index is 5.60. The Morgan fingerprint density at radius 2 is 2.46 bits per heavy atom. The third kappa shape index (κ3) is 1.76. The molecule has 0 aliphatic heterocycles. The van der Waals surface area contributed by atoms with Crippen LogP contribution in [0.15, 0.2) is 22.1 Å². The third-order valence-corrected chi connectivity index (χ3v) is 2.93. The second-order valence-corrected chi connectivity index (χ2v) is 3.93. The standard InChI is InChI=1S/C9H8ClNOS/c1-6-2-8(13-5-6)9-11-4-7(3-10)12-9/h2,4-5H,3H2,1H3. The van der Waals surface area contributed by atoms with Crippen molar-refractivity contribution < 1.29 is 4.42 Å². The van der Waals surface area contributed by atoms with Gasteiger partial charge in [-0.1, -0.05) is 0 Å². The number of rotatable bonds is 2. The summed E-state index contributed by atoms with van der Waals surface area (Å²) in [5.41, 5.74) is 1.23. The first-order valence-electron chi connectivity index (χ1n) is 3.86. The summed E-state index contributed by atoms with van der Waals surface area (Å²) in [5.74, 6) is 1.74. The number of nitrogens with zero attached hydrogens (tertiary/aromatic N) is 1. The molecule has 0 aliphatic carbocycles. The van der Waals surface area contributed by atoms with Gasteiger partial charge in [-0.3, -0.25) is 0 Å². The molecule has 0 unspecified atom stereocenters. The minimum Gasteiger partial charge on any atom is -0.439 e. The van der Waals surface area contributed by atoms with Crippen molar-refractivity contribution in [3.05, 3.63) is 29.0 Å². The molecule has 2 heterocycles. The Kier molecular flexibility index (Phi) is 2.38. The molecule has 2 nitrogen and oxygen atoms in total. The Morgan fingerprint density at radius 3 is 3.00 bits per heavy atom. The summed E-state index contributed by atoms with van der Waals surface area (Å²) in [7, 11) is 0. The minimum absolute atomic E-state index is 0.372. The zero-order chi connectivity index (χ0) is 9.26. The van der Waals surface area contributed by atoms with Crippen LogP contribution in [0.3, 0.4) is 0 Å². The number of hydrogen-bond acceptors (Lipinski definition) is 3. The first-order valence-corrected chi connectivity index (χ1v) is 5.27. The predicted octanol–water partition coefficient (Wildman–Crippen LogP) is 3.45. The fourth-order valence-electron chi connectivity index (χ4n) is 1.03. The number of alkyl halides is 1. The van der Waals surface area contributed by atoms with E-state index in [0.29, 0.717) is 17.5 Å². The van der Waals surface area contributed by atoms with E-state index in [1.165, 1.54) is 5.56 Å². The summed E-state index contributed by atoms with van der Waals surface area (Å²) in [4.78, 5) is 5.18. The highest BCUT2D eigenvalue weighted by molar-refractivity contribution is 7.13. The summed E-state index contributed by atoms with van der Waals surface area (Å²) in [6.07, 6.45) is 1.66. The average molecular weight is 214 g/mol. The maximum atomic E-state index is 5.60. The SMILES string of the molecule is Cc1csc(-c2ncc(CCl)o2)c1. The van der Waals surface area contributed by atoms with Crippen LogP contribution < -0.4 is 0 Å². The van der Waals surface area contributed by atoms with E-state index in [2.05, 4.69) is 16.4 Å². The van der Waals surface area contributed by atoms with E-state index in [4.69, 9.17) is 16.0 Å². The number of aryl methyl sites for hydroxylation is 1. The topological polar surface area (TPSA) is 26.0 Å². The van der Waals surface area contributed by atoms with Crippen molar-refractivity contribution in [1.82, 2.24) is 4.98 Å². The van der Waals surface area contributed by atoms with Crippen molar-refractivity contribution >= 4 is 22.9 Å². The lowest BCUT2D eigenvalue weighted by molar-refractivity contribution is 0.539.